The number of nitrogens with zero attached hydrogens (tertiary/aromatic N) is 5. The van der Waals surface area contributed by atoms with Crippen molar-refractivity contribution < 1.29 is 0 Å². The Morgan fingerprint density at radius 1 is 0.969 bits per heavy atom. The van der Waals surface area contributed by atoms with E-state index in [1.165, 1.54) is 6.08 Å². The largest absolute Gasteiger partial charge is 0.382 e. The molecule has 0 aliphatic heterocycles. The van der Waals surface area contributed by atoms with Crippen LogP contribution in [0.3, 0.4) is 0 Å². The number of allylic oxidation sites excluding steroid dienone is 1. The molecule has 0 radical (unpaired) electrons. The Balaban J connectivity index is 1.83. The highest BCUT2D eigenvalue weighted by Crippen LogP contribution is 2.34. The second-order valence-corrected chi connectivity index (χ2v) is 7.29. The monoisotopic (exact) mass is 417 g/mol. The second-order valence-electron chi connectivity index (χ2n) is 7.29. The Hall–Kier alpha value is -4.75. The summed E-state index contributed by atoms with van der Waals surface area (Å²) in [5, 5.41) is 20.9. The lowest BCUT2D eigenvalue weighted by Gasteiger charge is -2.15. The SMILES string of the molecule is Cc1cc(C=CC#N)cc(C)c1-c1ccnc2c(N)nc(Nc3ccc(C#N)cc3)nc12. The molecule has 0 saturated carbocycles. The Labute approximate surface area is 185 Å². The summed E-state index contributed by atoms with van der Waals surface area (Å²) in [6.45, 7) is 4.05. The number of hydrogen-bond acceptors (Lipinski definition) is 7. The molecule has 0 atom stereocenters. The molecule has 4 aromatic rings. The van der Waals surface area contributed by atoms with Crippen molar-refractivity contribution in [2.24, 2.45) is 0 Å². The number of rotatable bonds is 4. The Kier molecular flexibility index (Phi) is 5.48. The van der Waals surface area contributed by atoms with E-state index in [0.717, 1.165) is 33.5 Å². The minimum Gasteiger partial charge on any atom is -0.382 e. The molecule has 0 unspecified atom stereocenters. The molecule has 0 amide bonds. The number of nitrogens with one attached hydrogen (secondary N) is 1. The molecule has 0 spiro atoms. The van der Waals surface area contributed by atoms with Crippen molar-refractivity contribution >= 4 is 34.6 Å². The number of anilines is 3. The van der Waals surface area contributed by atoms with Crippen LogP contribution in [-0.2, 0) is 0 Å². The van der Waals surface area contributed by atoms with E-state index in [9.17, 15) is 0 Å². The van der Waals surface area contributed by atoms with E-state index < -0.39 is 0 Å². The molecule has 2 aromatic heterocycles. The van der Waals surface area contributed by atoms with Crippen molar-refractivity contribution in [2.75, 3.05) is 11.1 Å². The first-order chi connectivity index (χ1) is 15.5. The average Bonchev–Trinajstić information content (AvgIpc) is 2.78. The zero-order chi connectivity index (χ0) is 22.7. The lowest BCUT2D eigenvalue weighted by atomic mass is 9.93. The first kappa shape index (κ1) is 20.5. The number of nitriles is 2. The van der Waals surface area contributed by atoms with Crippen LogP contribution >= 0.6 is 0 Å². The van der Waals surface area contributed by atoms with Gasteiger partial charge in [-0.15, -0.1) is 0 Å². The highest BCUT2D eigenvalue weighted by molar-refractivity contribution is 5.98. The van der Waals surface area contributed by atoms with E-state index in [0.29, 0.717) is 22.5 Å². The Bertz CT molecular complexity index is 1420. The highest BCUT2D eigenvalue weighted by atomic mass is 15.1. The number of fused-ring (bicyclic) bond motifs is 1. The van der Waals surface area contributed by atoms with Crippen molar-refractivity contribution in [3.8, 4) is 23.3 Å². The van der Waals surface area contributed by atoms with Crippen LogP contribution in [0.2, 0.25) is 0 Å². The standard InChI is InChI=1S/C25H19N7/c1-15-12-18(4-3-10-26)13-16(2)21(15)20-9-11-29-23-22(20)31-25(32-24(23)28)30-19-7-5-17(14-27)6-8-19/h3-9,11-13H,1-2H3,(H3,28,30,31,32). The smallest absolute Gasteiger partial charge is 0.229 e. The molecule has 0 bridgehead atoms. The third-order valence-electron chi connectivity index (χ3n) is 5.06. The number of nitrogen functional groups attached to an aromatic ring is 1. The maximum Gasteiger partial charge on any atom is 0.229 e. The van der Waals surface area contributed by atoms with Crippen LogP contribution in [-0.4, -0.2) is 15.0 Å². The van der Waals surface area contributed by atoms with Crippen LogP contribution in [0.4, 0.5) is 17.5 Å². The number of pyridine rings is 1. The minimum absolute atomic E-state index is 0.275. The van der Waals surface area contributed by atoms with Gasteiger partial charge in [0.15, 0.2) is 5.82 Å². The Morgan fingerprint density at radius 3 is 2.34 bits per heavy atom. The van der Waals surface area contributed by atoms with Crippen LogP contribution in [0.5, 0.6) is 0 Å². The maximum atomic E-state index is 8.98. The summed E-state index contributed by atoms with van der Waals surface area (Å²) in [5.41, 5.74) is 13.7. The quantitative estimate of drug-likeness (QED) is 0.445. The van der Waals surface area contributed by atoms with E-state index in [1.54, 1.807) is 36.5 Å². The molecule has 2 heterocycles. The number of benzene rings is 2. The molecular weight excluding hydrogens is 398 g/mol. The number of hydrogen-bond donors (Lipinski definition) is 2. The molecule has 2 aromatic carbocycles. The van der Waals surface area contributed by atoms with Crippen molar-refractivity contribution in [1.29, 1.82) is 10.5 Å². The Morgan fingerprint density at radius 2 is 1.69 bits per heavy atom. The van der Waals surface area contributed by atoms with Crippen LogP contribution in [0.1, 0.15) is 22.3 Å². The molecule has 4 rings (SSSR count). The van der Waals surface area contributed by atoms with Gasteiger partial charge in [0.05, 0.1) is 17.7 Å². The fourth-order valence-corrected chi connectivity index (χ4v) is 3.72. The average molecular weight is 417 g/mol. The second kappa shape index (κ2) is 8.55. The molecule has 7 heteroatoms. The zero-order valence-corrected chi connectivity index (χ0v) is 17.6. The van der Waals surface area contributed by atoms with Gasteiger partial charge in [-0.05, 0) is 72.5 Å². The van der Waals surface area contributed by atoms with Crippen LogP contribution < -0.4 is 11.1 Å². The van der Waals surface area contributed by atoms with Gasteiger partial charge in [0.1, 0.15) is 11.0 Å². The molecule has 0 aliphatic carbocycles. The van der Waals surface area contributed by atoms with Gasteiger partial charge in [-0.25, -0.2) is 4.98 Å². The molecule has 0 aliphatic rings. The van der Waals surface area contributed by atoms with Gasteiger partial charge in [0.25, 0.3) is 0 Å². The molecular formula is C25H19N7. The lowest BCUT2D eigenvalue weighted by molar-refractivity contribution is 1.20. The zero-order valence-electron chi connectivity index (χ0n) is 17.6. The van der Waals surface area contributed by atoms with Crippen molar-refractivity contribution in [3.63, 3.8) is 0 Å². The fourth-order valence-electron chi connectivity index (χ4n) is 3.72. The summed E-state index contributed by atoms with van der Waals surface area (Å²) in [6, 6.07) is 17.1. The summed E-state index contributed by atoms with van der Waals surface area (Å²) in [6.07, 6.45) is 4.95. The molecule has 3 N–H and O–H groups in total. The highest BCUT2D eigenvalue weighted by Gasteiger charge is 2.15. The van der Waals surface area contributed by atoms with Crippen molar-refractivity contribution in [1.82, 2.24) is 15.0 Å². The maximum absolute atomic E-state index is 8.98. The van der Waals surface area contributed by atoms with E-state index in [2.05, 4.69) is 21.4 Å². The predicted molar refractivity (Wildman–Crippen MR) is 126 cm³/mol. The topological polar surface area (TPSA) is 124 Å². The number of nitrogens with two attached hydrogens (primary N) is 1. The van der Waals surface area contributed by atoms with Gasteiger partial charge in [-0.2, -0.15) is 15.5 Å². The first-order valence-corrected chi connectivity index (χ1v) is 9.87. The third kappa shape index (κ3) is 3.96. The predicted octanol–water partition coefficient (Wildman–Crippen LogP) is 5.04. The van der Waals surface area contributed by atoms with Gasteiger partial charge >= 0.3 is 0 Å². The molecule has 154 valence electrons. The lowest BCUT2D eigenvalue weighted by Crippen LogP contribution is -2.04. The normalized spacial score (nSPS) is 10.8. The molecule has 0 fully saturated rings. The van der Waals surface area contributed by atoms with Crippen LogP contribution in [0, 0.1) is 36.5 Å². The van der Waals surface area contributed by atoms with Gasteiger partial charge in [0, 0.05) is 23.5 Å². The van der Waals surface area contributed by atoms with E-state index >= 15 is 0 Å². The van der Waals surface area contributed by atoms with E-state index in [4.69, 9.17) is 21.2 Å². The summed E-state index contributed by atoms with van der Waals surface area (Å²) >= 11 is 0. The van der Waals surface area contributed by atoms with Gasteiger partial charge < -0.3 is 11.1 Å². The van der Waals surface area contributed by atoms with Crippen LogP contribution in [0.25, 0.3) is 28.2 Å². The number of aryl methyl sites for hydroxylation is 2. The summed E-state index contributed by atoms with van der Waals surface area (Å²) in [4.78, 5) is 13.5. The molecule has 32 heavy (non-hydrogen) atoms. The third-order valence-corrected chi connectivity index (χ3v) is 5.06. The van der Waals surface area contributed by atoms with E-state index in [1.807, 2.05) is 38.1 Å². The van der Waals surface area contributed by atoms with Crippen LogP contribution in [0.15, 0.2) is 54.7 Å². The van der Waals surface area contributed by atoms with Gasteiger partial charge in [-0.3, -0.25) is 4.98 Å². The number of aromatic nitrogens is 3. The molecule has 0 saturated heterocycles. The minimum atomic E-state index is 0.275. The summed E-state index contributed by atoms with van der Waals surface area (Å²) in [7, 11) is 0. The summed E-state index contributed by atoms with van der Waals surface area (Å²) in [5.74, 6) is 0.620. The van der Waals surface area contributed by atoms with Gasteiger partial charge in [-0.1, -0.05) is 12.1 Å². The first-order valence-electron chi connectivity index (χ1n) is 9.87. The van der Waals surface area contributed by atoms with Crippen molar-refractivity contribution in [3.05, 3.63) is 77.0 Å². The van der Waals surface area contributed by atoms with E-state index in [-0.39, 0.29) is 5.82 Å². The fraction of sp³-hybridized carbons (Fsp3) is 0.0800. The van der Waals surface area contributed by atoms with Crippen molar-refractivity contribution in [2.45, 2.75) is 13.8 Å². The van der Waals surface area contributed by atoms with Gasteiger partial charge in [0.2, 0.25) is 5.95 Å². The summed E-state index contributed by atoms with van der Waals surface area (Å²) < 4.78 is 0. The molecule has 7 nitrogen and oxygen atoms in total.